The van der Waals surface area contributed by atoms with E-state index in [1.165, 1.54) is 46.3 Å². The molecular formula is C26H26Br2. The fourth-order valence-electron chi connectivity index (χ4n) is 3.99. The molecule has 2 aromatic rings. The van der Waals surface area contributed by atoms with Gasteiger partial charge in [-0.3, -0.25) is 0 Å². The van der Waals surface area contributed by atoms with Crippen molar-refractivity contribution in [2.24, 2.45) is 0 Å². The van der Waals surface area contributed by atoms with Gasteiger partial charge in [-0.1, -0.05) is 68.3 Å². The van der Waals surface area contributed by atoms with E-state index in [1.54, 1.807) is 0 Å². The van der Waals surface area contributed by atoms with E-state index in [4.69, 9.17) is 0 Å². The molecule has 0 nitrogen and oxygen atoms in total. The van der Waals surface area contributed by atoms with Gasteiger partial charge in [0.05, 0.1) is 0 Å². The van der Waals surface area contributed by atoms with Crippen LogP contribution >= 0.6 is 31.9 Å². The number of halogens is 2. The van der Waals surface area contributed by atoms with Gasteiger partial charge in [-0.25, -0.2) is 0 Å². The fourth-order valence-corrected chi connectivity index (χ4v) is 4.52. The summed E-state index contributed by atoms with van der Waals surface area (Å²) in [5.74, 6) is 0. The van der Waals surface area contributed by atoms with Crippen molar-refractivity contribution in [3.63, 3.8) is 0 Å². The van der Waals surface area contributed by atoms with Gasteiger partial charge in [0.1, 0.15) is 0 Å². The van der Waals surface area contributed by atoms with Crippen LogP contribution in [0.1, 0.15) is 49.7 Å². The molecule has 0 aromatic heterocycles. The molecule has 0 heterocycles. The predicted octanol–water partition coefficient (Wildman–Crippen LogP) is 9.15. The second-order valence-electron chi connectivity index (χ2n) is 7.12. The summed E-state index contributed by atoms with van der Waals surface area (Å²) in [6.07, 6.45) is 10.6. The lowest BCUT2D eigenvalue weighted by Crippen LogP contribution is -2.06. The highest BCUT2D eigenvalue weighted by Crippen LogP contribution is 2.41. The molecule has 0 amide bonds. The average molecular weight is 498 g/mol. The first kappa shape index (κ1) is 21.1. The van der Waals surface area contributed by atoms with E-state index in [9.17, 15) is 0 Å². The van der Waals surface area contributed by atoms with E-state index >= 15 is 0 Å². The predicted molar refractivity (Wildman–Crippen MR) is 130 cm³/mol. The molecule has 0 bridgehead atoms. The van der Waals surface area contributed by atoms with Crippen LogP contribution in [0.2, 0.25) is 0 Å². The Morgan fingerprint density at radius 1 is 0.679 bits per heavy atom. The van der Waals surface area contributed by atoms with E-state index < -0.39 is 0 Å². The molecule has 2 heteroatoms. The second-order valence-corrected chi connectivity index (χ2v) is 8.95. The molecule has 2 aromatic carbocycles. The van der Waals surface area contributed by atoms with E-state index in [-0.39, 0.29) is 0 Å². The smallest absolute Gasteiger partial charge is 0.0175 e. The third kappa shape index (κ3) is 5.04. The first-order valence-electron chi connectivity index (χ1n) is 9.82. The number of hydrogen-bond donors (Lipinski definition) is 0. The van der Waals surface area contributed by atoms with Crippen molar-refractivity contribution in [1.29, 1.82) is 0 Å². The van der Waals surface area contributed by atoms with E-state index in [2.05, 4.69) is 93.5 Å². The van der Waals surface area contributed by atoms with Crippen molar-refractivity contribution in [1.82, 2.24) is 0 Å². The summed E-state index contributed by atoms with van der Waals surface area (Å²) in [6.45, 7) is 8.06. The van der Waals surface area contributed by atoms with Crippen LogP contribution in [0, 0.1) is 0 Å². The summed E-state index contributed by atoms with van der Waals surface area (Å²) >= 11 is 7.12. The molecular weight excluding hydrogens is 472 g/mol. The first-order chi connectivity index (χ1) is 13.6. The van der Waals surface area contributed by atoms with Gasteiger partial charge >= 0.3 is 0 Å². The van der Waals surface area contributed by atoms with Gasteiger partial charge in [0.2, 0.25) is 0 Å². The highest BCUT2D eigenvalue weighted by molar-refractivity contribution is 9.10. The lowest BCUT2D eigenvalue weighted by molar-refractivity contribution is 0.679. The van der Waals surface area contributed by atoms with Gasteiger partial charge in [-0.05, 0) is 96.2 Å². The van der Waals surface area contributed by atoms with Gasteiger partial charge in [0.25, 0.3) is 0 Å². The molecule has 0 spiro atoms. The van der Waals surface area contributed by atoms with Crippen LogP contribution in [0.5, 0.6) is 0 Å². The highest BCUT2D eigenvalue weighted by Gasteiger charge is 2.20. The van der Waals surface area contributed by atoms with Crippen LogP contribution in [0.25, 0.3) is 11.1 Å². The van der Waals surface area contributed by atoms with Crippen molar-refractivity contribution >= 4 is 43.0 Å². The van der Waals surface area contributed by atoms with Gasteiger partial charge in [0.15, 0.2) is 0 Å². The maximum Gasteiger partial charge on any atom is 0.0175 e. The van der Waals surface area contributed by atoms with Crippen LogP contribution in [0.4, 0.5) is 0 Å². The largest absolute Gasteiger partial charge is 0.103 e. The van der Waals surface area contributed by atoms with Gasteiger partial charge in [0, 0.05) is 8.95 Å². The Labute approximate surface area is 186 Å². The van der Waals surface area contributed by atoms with Crippen molar-refractivity contribution in [3.8, 4) is 0 Å². The van der Waals surface area contributed by atoms with E-state index in [1.807, 2.05) is 12.2 Å². The molecule has 1 fully saturated rings. The van der Waals surface area contributed by atoms with Crippen LogP contribution in [0.3, 0.4) is 0 Å². The van der Waals surface area contributed by atoms with Crippen molar-refractivity contribution < 1.29 is 0 Å². The zero-order valence-corrected chi connectivity index (χ0v) is 19.4. The molecule has 1 saturated carbocycles. The normalized spacial score (nSPS) is 17.8. The highest BCUT2D eigenvalue weighted by atomic mass is 79.9. The lowest BCUT2D eigenvalue weighted by atomic mass is 9.79. The maximum atomic E-state index is 4.03. The third-order valence-electron chi connectivity index (χ3n) is 5.28. The Kier molecular flexibility index (Phi) is 7.70. The molecule has 28 heavy (non-hydrogen) atoms. The summed E-state index contributed by atoms with van der Waals surface area (Å²) in [5.41, 5.74) is 8.44. The van der Waals surface area contributed by atoms with E-state index in [0.29, 0.717) is 0 Å². The minimum atomic E-state index is 0.891. The zero-order chi connectivity index (χ0) is 19.9. The SMILES string of the molecule is C=CC/C(=C1/CCCC/C1=C(/CC=C)c1ccc(Br)cc1)c1ccc(Br)cc1. The van der Waals surface area contributed by atoms with Crippen molar-refractivity contribution in [3.05, 3.63) is 105 Å². The molecule has 0 atom stereocenters. The topological polar surface area (TPSA) is 0 Å². The quantitative estimate of drug-likeness (QED) is 0.349. The third-order valence-corrected chi connectivity index (χ3v) is 6.34. The van der Waals surface area contributed by atoms with Crippen LogP contribution in [0.15, 0.2) is 93.9 Å². The lowest BCUT2D eigenvalue weighted by Gasteiger charge is -2.26. The fraction of sp³-hybridized carbons (Fsp3) is 0.231. The maximum absolute atomic E-state index is 4.03. The molecule has 0 saturated heterocycles. The Hall–Kier alpha value is -1.64. The molecule has 144 valence electrons. The minimum Gasteiger partial charge on any atom is -0.103 e. The standard InChI is InChI=1S/C26H26Br2/c1-3-7-23(19-11-15-21(27)16-12-19)25-9-5-6-10-26(25)24(8-4-2)20-13-17-22(28)18-14-20/h3-4,11-18H,1-2,5-10H2/b25-23+,26-24+. The van der Waals surface area contributed by atoms with Crippen LogP contribution in [-0.4, -0.2) is 0 Å². The Morgan fingerprint density at radius 3 is 1.36 bits per heavy atom. The number of rotatable bonds is 6. The van der Waals surface area contributed by atoms with E-state index in [0.717, 1.165) is 34.6 Å². The minimum absolute atomic E-state index is 0.891. The Morgan fingerprint density at radius 2 is 1.04 bits per heavy atom. The zero-order valence-electron chi connectivity index (χ0n) is 16.2. The first-order valence-corrected chi connectivity index (χ1v) is 11.4. The van der Waals surface area contributed by atoms with Gasteiger partial charge in [-0.15, -0.1) is 13.2 Å². The molecule has 0 radical (unpaired) electrons. The molecule has 0 unspecified atom stereocenters. The number of benzene rings is 2. The van der Waals surface area contributed by atoms with Gasteiger partial charge in [-0.2, -0.15) is 0 Å². The molecule has 1 aliphatic rings. The van der Waals surface area contributed by atoms with Crippen LogP contribution < -0.4 is 0 Å². The van der Waals surface area contributed by atoms with Crippen molar-refractivity contribution in [2.45, 2.75) is 38.5 Å². The molecule has 0 aliphatic heterocycles. The molecule has 1 aliphatic carbocycles. The molecule has 3 rings (SSSR count). The summed E-state index contributed by atoms with van der Waals surface area (Å²) < 4.78 is 2.22. The average Bonchev–Trinajstić information content (AvgIpc) is 2.72. The van der Waals surface area contributed by atoms with Gasteiger partial charge < -0.3 is 0 Å². The summed E-state index contributed by atoms with van der Waals surface area (Å²) in [4.78, 5) is 0. The molecule has 0 N–H and O–H groups in total. The summed E-state index contributed by atoms with van der Waals surface area (Å²) in [7, 11) is 0. The number of allylic oxidation sites excluding steroid dienone is 6. The number of hydrogen-bond acceptors (Lipinski definition) is 0. The Bertz CT molecular complexity index is 819. The van der Waals surface area contributed by atoms with Crippen LogP contribution in [-0.2, 0) is 0 Å². The summed E-state index contributed by atoms with van der Waals surface area (Å²) in [6, 6.07) is 17.4. The second kappa shape index (κ2) is 10.2. The summed E-state index contributed by atoms with van der Waals surface area (Å²) in [5, 5.41) is 0. The monoisotopic (exact) mass is 496 g/mol. The van der Waals surface area contributed by atoms with Crippen molar-refractivity contribution in [2.75, 3.05) is 0 Å². The Balaban J connectivity index is 2.21.